The summed E-state index contributed by atoms with van der Waals surface area (Å²) in [5.74, 6) is 0.625. The lowest BCUT2D eigenvalue weighted by Crippen LogP contribution is -1.88. The molecule has 0 unspecified atom stereocenters. The third kappa shape index (κ3) is 2.48. The summed E-state index contributed by atoms with van der Waals surface area (Å²) in [6, 6.07) is 11.9. The Hall–Kier alpha value is -3.67. The first-order valence-electron chi connectivity index (χ1n) is 8.28. The highest BCUT2D eigenvalue weighted by molar-refractivity contribution is 5.91. The Balaban J connectivity index is 1.54. The Morgan fingerprint density at radius 2 is 1.96 bits per heavy atom. The van der Waals surface area contributed by atoms with Gasteiger partial charge < -0.3 is 0 Å². The predicted octanol–water partition coefficient (Wildman–Crippen LogP) is 3.70. The molecular weight excluding hydrogens is 324 g/mol. The molecule has 0 bridgehead atoms. The zero-order valence-electron chi connectivity index (χ0n) is 14.0. The second kappa shape index (κ2) is 5.70. The normalized spacial score (nSPS) is 11.9. The van der Waals surface area contributed by atoms with Crippen LogP contribution in [0.15, 0.2) is 55.0 Å². The van der Waals surface area contributed by atoms with E-state index in [9.17, 15) is 0 Å². The summed E-state index contributed by atoms with van der Waals surface area (Å²) in [6.07, 6.45) is 9.23. The van der Waals surface area contributed by atoms with Crippen LogP contribution in [0.2, 0.25) is 0 Å². The van der Waals surface area contributed by atoms with Gasteiger partial charge in [-0.05, 0) is 61.0 Å². The fourth-order valence-electron chi connectivity index (χ4n) is 2.97. The van der Waals surface area contributed by atoms with Gasteiger partial charge in [0.2, 0.25) is 0 Å². The Bertz CT molecular complexity index is 1300. The van der Waals surface area contributed by atoms with Crippen LogP contribution in [-0.4, -0.2) is 29.5 Å². The van der Waals surface area contributed by atoms with Gasteiger partial charge in [-0.15, -0.1) is 5.10 Å². The van der Waals surface area contributed by atoms with Gasteiger partial charge in [0, 0.05) is 29.4 Å². The smallest absolute Gasteiger partial charge is 0.175 e. The molecule has 5 aromatic rings. The number of fused-ring (bicyclic) bond motifs is 4. The summed E-state index contributed by atoms with van der Waals surface area (Å²) in [6.45, 7) is 2.02. The summed E-state index contributed by atoms with van der Waals surface area (Å²) in [5, 5.41) is 6.51. The van der Waals surface area contributed by atoms with Crippen LogP contribution in [0.4, 0.5) is 0 Å². The van der Waals surface area contributed by atoms with E-state index in [1.54, 1.807) is 10.7 Å². The molecule has 0 saturated heterocycles. The summed E-state index contributed by atoms with van der Waals surface area (Å²) in [4.78, 5) is 17.9. The molecule has 124 valence electrons. The summed E-state index contributed by atoms with van der Waals surface area (Å²) < 4.78 is 1.77. The number of aryl methyl sites for hydroxylation is 1. The fourth-order valence-corrected chi connectivity index (χ4v) is 2.97. The van der Waals surface area contributed by atoms with Crippen molar-refractivity contribution in [2.24, 2.45) is 0 Å². The standard InChI is InChI=1S/C20H14N6/c1-13-11-14-4-5-15(23-19(14)22-12-13)6-7-18-24-20-16-3-2-9-21-17(16)8-10-26(20)25-18/h2-12H,1H3/b7-6+. The highest BCUT2D eigenvalue weighted by atomic mass is 15.3. The van der Waals surface area contributed by atoms with Crippen LogP contribution >= 0.6 is 0 Å². The van der Waals surface area contributed by atoms with Crippen molar-refractivity contribution in [3.8, 4) is 0 Å². The average Bonchev–Trinajstić information content (AvgIpc) is 3.10. The lowest BCUT2D eigenvalue weighted by Gasteiger charge is -1.99. The lowest BCUT2D eigenvalue weighted by molar-refractivity contribution is 0.958. The third-order valence-electron chi connectivity index (χ3n) is 4.20. The first-order chi connectivity index (χ1) is 12.8. The van der Waals surface area contributed by atoms with E-state index >= 15 is 0 Å². The van der Waals surface area contributed by atoms with Crippen LogP contribution < -0.4 is 0 Å². The monoisotopic (exact) mass is 338 g/mol. The Morgan fingerprint density at radius 1 is 1.00 bits per heavy atom. The van der Waals surface area contributed by atoms with E-state index in [4.69, 9.17) is 0 Å². The topological polar surface area (TPSA) is 68.9 Å². The van der Waals surface area contributed by atoms with Crippen molar-refractivity contribution < 1.29 is 0 Å². The van der Waals surface area contributed by atoms with Crippen molar-refractivity contribution in [2.75, 3.05) is 0 Å². The van der Waals surface area contributed by atoms with E-state index in [-0.39, 0.29) is 0 Å². The third-order valence-corrected chi connectivity index (χ3v) is 4.20. The number of nitrogens with zero attached hydrogens (tertiary/aromatic N) is 6. The number of rotatable bonds is 2. The number of pyridine rings is 4. The zero-order valence-corrected chi connectivity index (χ0v) is 14.0. The van der Waals surface area contributed by atoms with Gasteiger partial charge in [-0.25, -0.2) is 19.5 Å². The molecule has 26 heavy (non-hydrogen) atoms. The number of hydrogen-bond acceptors (Lipinski definition) is 5. The molecule has 0 aliphatic heterocycles. The molecule has 0 N–H and O–H groups in total. The molecule has 0 radical (unpaired) electrons. The van der Waals surface area contributed by atoms with Gasteiger partial charge in [-0.2, -0.15) is 0 Å². The van der Waals surface area contributed by atoms with Gasteiger partial charge in [-0.1, -0.05) is 0 Å². The van der Waals surface area contributed by atoms with Gasteiger partial charge >= 0.3 is 0 Å². The zero-order chi connectivity index (χ0) is 17.5. The minimum absolute atomic E-state index is 0.625. The van der Waals surface area contributed by atoms with Crippen molar-refractivity contribution in [3.05, 3.63) is 72.1 Å². The molecule has 6 nitrogen and oxygen atoms in total. The van der Waals surface area contributed by atoms with E-state index in [0.717, 1.165) is 38.8 Å². The molecule has 0 amide bonds. The molecule has 5 heterocycles. The highest BCUT2D eigenvalue weighted by Crippen LogP contribution is 2.17. The maximum Gasteiger partial charge on any atom is 0.175 e. The van der Waals surface area contributed by atoms with Crippen molar-refractivity contribution in [2.45, 2.75) is 6.92 Å². The molecule has 0 atom stereocenters. The molecule has 0 aliphatic carbocycles. The van der Waals surface area contributed by atoms with Crippen LogP contribution in [0, 0.1) is 6.92 Å². The summed E-state index contributed by atoms with van der Waals surface area (Å²) in [5.41, 5.74) is 4.37. The number of hydrogen-bond donors (Lipinski definition) is 0. The first kappa shape index (κ1) is 14.7. The van der Waals surface area contributed by atoms with E-state index in [2.05, 4.69) is 31.1 Å². The fraction of sp³-hybridized carbons (Fsp3) is 0.0500. The van der Waals surface area contributed by atoms with Crippen molar-refractivity contribution in [1.29, 1.82) is 0 Å². The molecule has 5 aromatic heterocycles. The molecule has 0 aliphatic rings. The van der Waals surface area contributed by atoms with Crippen LogP contribution in [-0.2, 0) is 0 Å². The molecular formula is C20H14N6. The van der Waals surface area contributed by atoms with Crippen molar-refractivity contribution in [3.63, 3.8) is 0 Å². The predicted molar refractivity (Wildman–Crippen MR) is 101 cm³/mol. The highest BCUT2D eigenvalue weighted by Gasteiger charge is 2.06. The minimum atomic E-state index is 0.625. The van der Waals surface area contributed by atoms with Gasteiger partial charge in [0.25, 0.3) is 0 Å². The van der Waals surface area contributed by atoms with Crippen molar-refractivity contribution >= 4 is 39.7 Å². The van der Waals surface area contributed by atoms with Gasteiger partial charge in [0.15, 0.2) is 17.1 Å². The van der Waals surface area contributed by atoms with Crippen LogP contribution in [0.1, 0.15) is 17.1 Å². The second-order valence-electron chi connectivity index (χ2n) is 6.12. The maximum absolute atomic E-state index is 4.61. The number of aromatic nitrogens is 6. The van der Waals surface area contributed by atoms with Gasteiger partial charge in [0.1, 0.15) is 0 Å². The summed E-state index contributed by atoms with van der Waals surface area (Å²) in [7, 11) is 0. The van der Waals surface area contributed by atoms with E-state index in [0.29, 0.717) is 5.82 Å². The van der Waals surface area contributed by atoms with Crippen LogP contribution in [0.25, 0.3) is 39.7 Å². The van der Waals surface area contributed by atoms with Crippen molar-refractivity contribution in [1.82, 2.24) is 29.5 Å². The molecule has 0 aromatic carbocycles. The largest absolute Gasteiger partial charge is 0.256 e. The van der Waals surface area contributed by atoms with Gasteiger partial charge in [-0.3, -0.25) is 4.98 Å². The van der Waals surface area contributed by atoms with Crippen LogP contribution in [0.5, 0.6) is 0 Å². The lowest BCUT2D eigenvalue weighted by atomic mass is 10.2. The SMILES string of the molecule is Cc1cnc2nc(/C=C/c3nc4c5cccnc5ccn4n3)ccc2c1. The minimum Gasteiger partial charge on any atom is -0.256 e. The molecule has 6 heteroatoms. The molecule has 0 fully saturated rings. The summed E-state index contributed by atoms with van der Waals surface area (Å²) >= 11 is 0. The van der Waals surface area contributed by atoms with E-state index in [1.807, 2.05) is 61.8 Å². The second-order valence-corrected chi connectivity index (χ2v) is 6.12. The first-order valence-corrected chi connectivity index (χ1v) is 8.28. The Kier molecular flexibility index (Phi) is 3.21. The molecule has 5 rings (SSSR count). The van der Waals surface area contributed by atoms with E-state index < -0.39 is 0 Å². The Labute approximate surface area is 148 Å². The molecule has 0 spiro atoms. The quantitative estimate of drug-likeness (QED) is 0.491. The van der Waals surface area contributed by atoms with Gasteiger partial charge in [0.05, 0.1) is 11.2 Å². The average molecular weight is 338 g/mol. The maximum atomic E-state index is 4.61. The van der Waals surface area contributed by atoms with Crippen LogP contribution in [0.3, 0.4) is 0 Å². The Morgan fingerprint density at radius 3 is 2.92 bits per heavy atom. The van der Waals surface area contributed by atoms with E-state index in [1.165, 1.54) is 0 Å². The molecule has 0 saturated carbocycles.